The SMILES string of the molecule is CCCCn1[c]([Ni+])c(C(=O)O)c2ccccc21.[Cl-]. The van der Waals surface area contributed by atoms with E-state index in [2.05, 4.69) is 6.92 Å². The van der Waals surface area contributed by atoms with Gasteiger partial charge in [-0.15, -0.1) is 0 Å². The average molecular weight is 310 g/mol. The molecule has 100 valence electrons. The van der Waals surface area contributed by atoms with Gasteiger partial charge in [0.15, 0.2) is 0 Å². The minimum Gasteiger partial charge on any atom is -1.00 e. The number of carbonyl (C=O) groups is 1. The van der Waals surface area contributed by atoms with Gasteiger partial charge in [-0.3, -0.25) is 0 Å². The molecule has 0 aliphatic carbocycles. The van der Waals surface area contributed by atoms with E-state index in [-0.39, 0.29) is 18.0 Å². The summed E-state index contributed by atoms with van der Waals surface area (Å²) in [6, 6.07) is 7.51. The van der Waals surface area contributed by atoms with Crippen molar-refractivity contribution in [3.05, 3.63) is 29.8 Å². The van der Waals surface area contributed by atoms with Gasteiger partial charge in [-0.1, -0.05) is 0 Å². The molecule has 0 amide bonds. The summed E-state index contributed by atoms with van der Waals surface area (Å²) in [5.74, 6) is -0.933. The Morgan fingerprint density at radius 1 is 1.39 bits per heavy atom. The zero-order valence-electron chi connectivity index (χ0n) is 9.93. The van der Waals surface area contributed by atoms with E-state index >= 15 is 0 Å². The van der Waals surface area contributed by atoms with E-state index in [0.29, 0.717) is 4.66 Å². The largest absolute Gasteiger partial charge is 1.00 e. The van der Waals surface area contributed by atoms with Gasteiger partial charge >= 0.3 is 108 Å². The second-order valence-corrected chi connectivity index (χ2v) is 4.43. The topological polar surface area (TPSA) is 42.2 Å². The van der Waals surface area contributed by atoms with Crippen molar-refractivity contribution in [2.45, 2.75) is 26.3 Å². The number of unbranched alkanes of at least 4 members (excludes halogenated alkanes) is 1. The van der Waals surface area contributed by atoms with Crippen LogP contribution in [0.3, 0.4) is 0 Å². The molecule has 0 atom stereocenters. The number of fused-ring (bicyclic) bond motifs is 1. The van der Waals surface area contributed by atoms with Crippen LogP contribution in [0.4, 0.5) is 0 Å². The fourth-order valence-electron chi connectivity index (χ4n) is 1.98. The number of hydrogen-bond donors (Lipinski definition) is 1. The molecule has 1 aromatic carbocycles. The zero-order valence-corrected chi connectivity index (χ0v) is 11.7. The van der Waals surface area contributed by atoms with Crippen molar-refractivity contribution >= 4 is 21.5 Å². The molecule has 0 bridgehead atoms. The molecular weight excluding hydrogens is 296 g/mol. The van der Waals surface area contributed by atoms with Gasteiger partial charge in [-0.05, 0) is 0 Å². The predicted octanol–water partition coefficient (Wildman–Crippen LogP) is -0.684. The fraction of sp³-hybridized carbons (Fsp3) is 0.308. The molecule has 0 fully saturated rings. The molecule has 1 aromatic heterocycles. The first-order valence-electron chi connectivity index (χ1n) is 5.63. The number of rotatable bonds is 4. The summed E-state index contributed by atoms with van der Waals surface area (Å²) >= 11 is 4.93. The Morgan fingerprint density at radius 3 is 2.67 bits per heavy atom. The summed E-state index contributed by atoms with van der Waals surface area (Å²) in [6.45, 7) is 2.90. The van der Waals surface area contributed by atoms with Crippen molar-refractivity contribution in [2.75, 3.05) is 0 Å². The first kappa shape index (κ1) is 15.1. The molecule has 0 saturated heterocycles. The maximum atomic E-state index is 11.2. The number of carboxylic acid groups (broad SMARTS) is 1. The summed E-state index contributed by atoms with van der Waals surface area (Å²) < 4.78 is 2.43. The third-order valence-corrected chi connectivity index (χ3v) is 3.34. The Labute approximate surface area is 120 Å². The van der Waals surface area contributed by atoms with Gasteiger partial charge in [0.25, 0.3) is 0 Å². The van der Waals surface area contributed by atoms with Crippen molar-refractivity contribution < 1.29 is 37.8 Å². The van der Waals surface area contributed by atoms with Crippen LogP contribution in [-0.4, -0.2) is 15.6 Å². The van der Waals surface area contributed by atoms with Gasteiger partial charge < -0.3 is 12.4 Å². The second kappa shape index (κ2) is 6.26. The van der Waals surface area contributed by atoms with Gasteiger partial charge in [0.2, 0.25) is 0 Å². The quantitative estimate of drug-likeness (QED) is 0.760. The normalized spacial score (nSPS) is 10.4. The molecule has 2 rings (SSSR count). The Balaban J connectivity index is 0.00000162. The molecule has 1 N–H and O–H groups in total. The number of aromatic nitrogens is 1. The molecule has 1 heterocycles. The molecule has 0 radical (unpaired) electrons. The Hall–Kier alpha value is -0.986. The number of hydrogen-bond acceptors (Lipinski definition) is 1. The summed E-state index contributed by atoms with van der Waals surface area (Å²) in [5, 5.41) is 9.98. The maximum absolute atomic E-state index is 11.2. The number of nitrogens with zero attached hydrogens (tertiary/aromatic N) is 1. The third-order valence-electron chi connectivity index (χ3n) is 2.82. The minimum absolute atomic E-state index is 0. The van der Waals surface area contributed by atoms with Crippen LogP contribution < -0.4 is 17.1 Å². The third kappa shape index (κ3) is 2.55. The van der Waals surface area contributed by atoms with Crippen LogP contribution in [0, 0.1) is 0 Å². The Morgan fingerprint density at radius 2 is 2.06 bits per heavy atom. The van der Waals surface area contributed by atoms with Crippen molar-refractivity contribution in [1.29, 1.82) is 0 Å². The van der Waals surface area contributed by atoms with Crippen LogP contribution >= 0.6 is 0 Å². The molecule has 0 spiro atoms. The Kier molecular flexibility index (Phi) is 5.24. The van der Waals surface area contributed by atoms with Crippen LogP contribution in [-0.2, 0) is 22.0 Å². The van der Waals surface area contributed by atoms with Crippen molar-refractivity contribution in [3.63, 3.8) is 0 Å². The molecule has 0 aliphatic rings. The minimum atomic E-state index is -0.933. The first-order valence-corrected chi connectivity index (χ1v) is 6.13. The van der Waals surface area contributed by atoms with E-state index in [9.17, 15) is 9.90 Å². The number of carboxylic acids is 1. The van der Waals surface area contributed by atoms with Crippen LogP contribution in [0.2, 0.25) is 0 Å². The van der Waals surface area contributed by atoms with Crippen molar-refractivity contribution in [3.8, 4) is 0 Å². The van der Waals surface area contributed by atoms with Gasteiger partial charge in [0, 0.05) is 0 Å². The van der Waals surface area contributed by atoms with Crippen molar-refractivity contribution in [2.24, 2.45) is 0 Å². The molecule has 0 aliphatic heterocycles. The second-order valence-electron chi connectivity index (χ2n) is 3.96. The summed E-state index contributed by atoms with van der Waals surface area (Å²) in [5.41, 5.74) is 1.20. The van der Waals surface area contributed by atoms with Crippen LogP contribution in [0.1, 0.15) is 30.1 Å². The van der Waals surface area contributed by atoms with Crippen LogP contribution in [0.15, 0.2) is 24.3 Å². The summed E-state index contributed by atoms with van der Waals surface area (Å²) in [6.07, 6.45) is 2.07. The average Bonchev–Trinajstić information content (AvgIpc) is 2.58. The number of halogens is 1. The van der Waals surface area contributed by atoms with Crippen LogP contribution in [0.5, 0.6) is 0 Å². The summed E-state index contributed by atoms with van der Waals surface area (Å²) in [7, 11) is 0. The number of aryl methyl sites for hydroxylation is 1. The molecule has 18 heavy (non-hydrogen) atoms. The van der Waals surface area contributed by atoms with Gasteiger partial charge in [-0.2, -0.15) is 0 Å². The monoisotopic (exact) mass is 309 g/mol. The van der Waals surface area contributed by atoms with E-state index in [1.54, 1.807) is 0 Å². The van der Waals surface area contributed by atoms with Crippen molar-refractivity contribution in [1.82, 2.24) is 4.57 Å². The predicted molar refractivity (Wildman–Crippen MR) is 63.4 cm³/mol. The molecule has 5 heteroatoms. The zero-order chi connectivity index (χ0) is 12.4. The molecule has 3 nitrogen and oxygen atoms in total. The molecule has 0 saturated carbocycles. The van der Waals surface area contributed by atoms with E-state index in [0.717, 1.165) is 30.3 Å². The number of para-hydroxylation sites is 1. The smallest absolute Gasteiger partial charge is 1.00 e. The Bertz CT molecular complexity index is 565. The molecule has 0 unspecified atom stereocenters. The number of aromatic carboxylic acids is 1. The van der Waals surface area contributed by atoms with Gasteiger partial charge in [-0.25, -0.2) is 0 Å². The molecule has 2 aromatic rings. The van der Waals surface area contributed by atoms with Gasteiger partial charge in [0.1, 0.15) is 0 Å². The van der Waals surface area contributed by atoms with Crippen LogP contribution in [0.25, 0.3) is 10.9 Å². The molecular formula is C13H14ClNNiO2. The standard InChI is InChI=1S/C13H14NO2.ClH.Ni/c1-2-3-8-14-9-11(13(15)16)10-6-4-5-7-12(10)14;;/h4-7H,2-3,8H2,1H3,(H,15,16);1H;/q;;+1/p-1. The first-order chi connectivity index (χ1) is 8.16. The van der Waals surface area contributed by atoms with E-state index in [1.807, 2.05) is 28.8 Å². The summed E-state index contributed by atoms with van der Waals surface area (Å²) in [4.78, 5) is 11.2. The maximum Gasteiger partial charge on any atom is -1.00 e. The number of benzene rings is 1. The van der Waals surface area contributed by atoms with Gasteiger partial charge in [0.05, 0.1) is 0 Å². The van der Waals surface area contributed by atoms with E-state index < -0.39 is 5.97 Å². The fourth-order valence-corrected chi connectivity index (χ4v) is 2.45. The van der Waals surface area contributed by atoms with E-state index in [4.69, 9.17) is 15.5 Å². The van der Waals surface area contributed by atoms with E-state index in [1.165, 1.54) is 0 Å².